The molecule has 1 fully saturated rings. The SMILES string of the molecule is Cc1ccccc1-n1ncc2c1N=C(C1CCC(O)C(O)C1)CC2=O. The summed E-state index contributed by atoms with van der Waals surface area (Å²) in [5.41, 5.74) is 3.29. The maximum Gasteiger partial charge on any atom is 0.173 e. The number of para-hydroxylation sites is 1. The van der Waals surface area contributed by atoms with E-state index >= 15 is 0 Å². The number of aliphatic imine (C=N–C) groups is 1. The van der Waals surface area contributed by atoms with Gasteiger partial charge in [-0.1, -0.05) is 18.2 Å². The Morgan fingerprint density at radius 1 is 1.16 bits per heavy atom. The highest BCUT2D eigenvalue weighted by Gasteiger charge is 2.34. The first-order valence-electron chi connectivity index (χ1n) is 8.65. The van der Waals surface area contributed by atoms with Crippen LogP contribution in [0.25, 0.3) is 5.69 Å². The second-order valence-electron chi connectivity index (χ2n) is 6.93. The Hall–Kier alpha value is -2.31. The molecule has 2 heterocycles. The van der Waals surface area contributed by atoms with Gasteiger partial charge in [0.25, 0.3) is 0 Å². The van der Waals surface area contributed by atoms with Crippen LogP contribution in [0.15, 0.2) is 35.5 Å². The first-order chi connectivity index (χ1) is 12.0. The van der Waals surface area contributed by atoms with Crippen molar-refractivity contribution >= 4 is 17.3 Å². The van der Waals surface area contributed by atoms with Crippen molar-refractivity contribution in [2.45, 2.75) is 44.8 Å². The molecule has 6 heteroatoms. The molecule has 0 bridgehead atoms. The van der Waals surface area contributed by atoms with Gasteiger partial charge in [-0.25, -0.2) is 9.67 Å². The summed E-state index contributed by atoms with van der Waals surface area (Å²) in [4.78, 5) is 17.3. The molecule has 1 aromatic carbocycles. The predicted octanol–water partition coefficient (Wildman–Crippen LogP) is 2.36. The minimum absolute atomic E-state index is 0.0143. The average molecular weight is 339 g/mol. The summed E-state index contributed by atoms with van der Waals surface area (Å²) >= 11 is 0. The standard InChI is InChI=1S/C19H21N3O3/c1-11-4-2-3-5-15(11)22-19-13(10-20-22)17(24)9-14(21-19)12-6-7-16(23)18(25)8-12/h2-5,10,12,16,18,23,25H,6-9H2,1H3. The predicted molar refractivity (Wildman–Crippen MR) is 93.7 cm³/mol. The number of fused-ring (bicyclic) bond motifs is 1. The lowest BCUT2D eigenvalue weighted by molar-refractivity contribution is -0.0167. The molecule has 1 aliphatic heterocycles. The third-order valence-corrected chi connectivity index (χ3v) is 5.23. The lowest BCUT2D eigenvalue weighted by Crippen LogP contribution is -2.37. The van der Waals surface area contributed by atoms with Crippen LogP contribution in [0.5, 0.6) is 0 Å². The van der Waals surface area contributed by atoms with Crippen molar-refractivity contribution in [3.63, 3.8) is 0 Å². The Labute approximate surface area is 145 Å². The molecule has 0 amide bonds. The molecule has 0 spiro atoms. The first kappa shape index (κ1) is 16.2. The van der Waals surface area contributed by atoms with Gasteiger partial charge < -0.3 is 10.2 Å². The van der Waals surface area contributed by atoms with E-state index in [-0.39, 0.29) is 18.1 Å². The number of nitrogens with zero attached hydrogens (tertiary/aromatic N) is 3. The van der Waals surface area contributed by atoms with Gasteiger partial charge in [0, 0.05) is 11.6 Å². The molecular weight excluding hydrogens is 318 g/mol. The van der Waals surface area contributed by atoms with Crippen molar-refractivity contribution in [2.75, 3.05) is 0 Å². The summed E-state index contributed by atoms with van der Waals surface area (Å²) in [6.07, 6.45) is 2.13. The maximum absolute atomic E-state index is 12.6. The zero-order valence-electron chi connectivity index (χ0n) is 14.1. The number of aliphatic hydroxyl groups excluding tert-OH is 2. The molecule has 2 aliphatic rings. The number of carbonyl (C=O) groups excluding carboxylic acids is 1. The molecule has 4 rings (SSSR count). The molecular formula is C19H21N3O3. The summed E-state index contributed by atoms with van der Waals surface area (Å²) in [6.45, 7) is 2.00. The molecule has 1 aromatic heterocycles. The van der Waals surface area contributed by atoms with Crippen molar-refractivity contribution in [2.24, 2.45) is 10.9 Å². The number of aromatic nitrogens is 2. The lowest BCUT2D eigenvalue weighted by Gasteiger charge is -2.31. The van der Waals surface area contributed by atoms with E-state index < -0.39 is 12.2 Å². The van der Waals surface area contributed by atoms with Gasteiger partial charge in [0.05, 0.1) is 36.1 Å². The number of Topliss-reactive ketones (excluding diaryl/α,β-unsaturated/α-hetero) is 1. The van der Waals surface area contributed by atoms with Crippen LogP contribution < -0.4 is 0 Å². The van der Waals surface area contributed by atoms with E-state index in [1.165, 1.54) is 0 Å². The molecule has 25 heavy (non-hydrogen) atoms. The molecule has 130 valence electrons. The van der Waals surface area contributed by atoms with Crippen molar-refractivity contribution < 1.29 is 15.0 Å². The normalized spacial score (nSPS) is 26.3. The zero-order valence-corrected chi connectivity index (χ0v) is 14.1. The highest BCUT2D eigenvalue weighted by atomic mass is 16.3. The fourth-order valence-corrected chi connectivity index (χ4v) is 3.73. The first-order valence-corrected chi connectivity index (χ1v) is 8.65. The van der Waals surface area contributed by atoms with Gasteiger partial charge in [-0.3, -0.25) is 4.79 Å². The average Bonchev–Trinajstić information content (AvgIpc) is 3.02. The van der Waals surface area contributed by atoms with E-state index in [9.17, 15) is 15.0 Å². The number of aryl methyl sites for hydroxylation is 1. The lowest BCUT2D eigenvalue weighted by atomic mass is 9.80. The van der Waals surface area contributed by atoms with Gasteiger partial charge in [0.15, 0.2) is 11.6 Å². The molecule has 0 radical (unpaired) electrons. The van der Waals surface area contributed by atoms with Crippen LogP contribution >= 0.6 is 0 Å². The van der Waals surface area contributed by atoms with E-state index in [0.717, 1.165) is 23.4 Å². The van der Waals surface area contributed by atoms with Crippen LogP contribution in [0.3, 0.4) is 0 Å². The third-order valence-electron chi connectivity index (χ3n) is 5.23. The molecule has 3 unspecified atom stereocenters. The van der Waals surface area contributed by atoms with Crippen LogP contribution in [0.1, 0.15) is 41.6 Å². The second kappa shape index (κ2) is 6.20. The summed E-state index contributed by atoms with van der Waals surface area (Å²) in [7, 11) is 0. The maximum atomic E-state index is 12.6. The largest absolute Gasteiger partial charge is 0.390 e. The topological polar surface area (TPSA) is 87.7 Å². The number of benzene rings is 1. The van der Waals surface area contributed by atoms with Gasteiger partial charge in [0.2, 0.25) is 0 Å². The third kappa shape index (κ3) is 2.81. The van der Waals surface area contributed by atoms with Gasteiger partial charge in [-0.05, 0) is 37.8 Å². The highest BCUT2D eigenvalue weighted by Crippen LogP contribution is 2.34. The zero-order chi connectivity index (χ0) is 17.6. The number of hydrogen-bond donors (Lipinski definition) is 2. The summed E-state index contributed by atoms with van der Waals surface area (Å²) in [5, 5.41) is 24.1. The number of rotatable bonds is 2. The number of aliphatic hydroxyl groups is 2. The monoisotopic (exact) mass is 339 g/mol. The van der Waals surface area contributed by atoms with E-state index in [0.29, 0.717) is 24.2 Å². The highest BCUT2D eigenvalue weighted by molar-refractivity contribution is 6.16. The molecule has 0 saturated heterocycles. The van der Waals surface area contributed by atoms with Gasteiger partial charge in [-0.2, -0.15) is 5.10 Å². The Morgan fingerprint density at radius 3 is 2.72 bits per heavy atom. The molecule has 2 aromatic rings. The van der Waals surface area contributed by atoms with Crippen molar-refractivity contribution in [1.82, 2.24) is 9.78 Å². The smallest absolute Gasteiger partial charge is 0.173 e. The van der Waals surface area contributed by atoms with E-state index in [1.54, 1.807) is 10.9 Å². The molecule has 3 atom stereocenters. The second-order valence-corrected chi connectivity index (χ2v) is 6.93. The summed E-state index contributed by atoms with van der Waals surface area (Å²) < 4.78 is 1.72. The van der Waals surface area contributed by atoms with Crippen LogP contribution in [-0.2, 0) is 0 Å². The van der Waals surface area contributed by atoms with E-state index in [4.69, 9.17) is 4.99 Å². The van der Waals surface area contributed by atoms with Gasteiger partial charge in [-0.15, -0.1) is 0 Å². The van der Waals surface area contributed by atoms with Crippen LogP contribution in [0.2, 0.25) is 0 Å². The molecule has 6 nitrogen and oxygen atoms in total. The Morgan fingerprint density at radius 2 is 1.96 bits per heavy atom. The summed E-state index contributed by atoms with van der Waals surface area (Å²) in [6, 6.07) is 7.85. The van der Waals surface area contributed by atoms with Crippen molar-refractivity contribution in [1.29, 1.82) is 0 Å². The Bertz CT molecular complexity index is 855. The van der Waals surface area contributed by atoms with Crippen molar-refractivity contribution in [3.05, 3.63) is 41.6 Å². The fraction of sp³-hybridized carbons (Fsp3) is 0.421. The Balaban J connectivity index is 1.74. The number of carbonyl (C=O) groups is 1. The quantitative estimate of drug-likeness (QED) is 0.879. The van der Waals surface area contributed by atoms with Gasteiger partial charge in [0.1, 0.15) is 0 Å². The Kier molecular flexibility index (Phi) is 4.01. The molecule has 1 saturated carbocycles. The fourth-order valence-electron chi connectivity index (χ4n) is 3.73. The molecule has 1 aliphatic carbocycles. The van der Waals surface area contributed by atoms with Crippen molar-refractivity contribution in [3.8, 4) is 5.69 Å². The minimum atomic E-state index is -0.751. The van der Waals surface area contributed by atoms with E-state index in [1.807, 2.05) is 31.2 Å². The number of hydrogen-bond acceptors (Lipinski definition) is 5. The van der Waals surface area contributed by atoms with Crippen LogP contribution in [-0.4, -0.2) is 43.7 Å². The van der Waals surface area contributed by atoms with Gasteiger partial charge >= 0.3 is 0 Å². The number of ketones is 1. The van der Waals surface area contributed by atoms with Crippen LogP contribution in [0.4, 0.5) is 5.82 Å². The molecule has 2 N–H and O–H groups in total. The summed E-state index contributed by atoms with van der Waals surface area (Å²) in [5.74, 6) is 0.609. The van der Waals surface area contributed by atoms with Crippen LogP contribution in [0, 0.1) is 12.8 Å². The minimum Gasteiger partial charge on any atom is -0.390 e. The van der Waals surface area contributed by atoms with E-state index in [2.05, 4.69) is 5.10 Å².